The van der Waals surface area contributed by atoms with Gasteiger partial charge in [-0.1, -0.05) is 170 Å². The van der Waals surface area contributed by atoms with Gasteiger partial charge in [0.2, 0.25) is 11.8 Å². The summed E-state index contributed by atoms with van der Waals surface area (Å²) in [5.74, 6) is 2.38. The van der Waals surface area contributed by atoms with Crippen molar-refractivity contribution in [3.05, 3.63) is 241 Å². The van der Waals surface area contributed by atoms with Crippen LogP contribution in [0, 0.1) is 0 Å². The number of hydrogen-bond acceptors (Lipinski definition) is 18. The van der Waals surface area contributed by atoms with Gasteiger partial charge in [-0.15, -0.1) is 0 Å². The first kappa shape index (κ1) is 79.4. The Hall–Kier alpha value is -12.4. The average Bonchev–Trinajstić information content (AvgIpc) is 1.71. The Morgan fingerprint density at radius 1 is 0.322 bits per heavy atom. The summed E-state index contributed by atoms with van der Waals surface area (Å²) in [7, 11) is 1.27. The molecule has 3 amide bonds. The van der Waals surface area contributed by atoms with Gasteiger partial charge in [0.25, 0.3) is 0 Å². The summed E-state index contributed by atoms with van der Waals surface area (Å²) in [4.78, 5) is 61.2. The molecule has 0 saturated carbocycles. The Morgan fingerprint density at radius 2 is 0.593 bits per heavy atom. The van der Waals surface area contributed by atoms with Gasteiger partial charge in [0, 0.05) is 70.2 Å². The molecule has 3 N–H and O–H groups in total. The zero-order valence-electron chi connectivity index (χ0n) is 66.9. The van der Waals surface area contributed by atoms with Crippen molar-refractivity contribution in [3.8, 4) is 90.5 Å². The van der Waals surface area contributed by atoms with E-state index in [0.717, 1.165) is 65.3 Å². The Bertz CT molecular complexity index is 5420. The maximum Gasteiger partial charge on any atom is 0.408 e. The van der Waals surface area contributed by atoms with Crippen LogP contribution in [0.2, 0.25) is 0 Å². The molecule has 606 valence electrons. The van der Waals surface area contributed by atoms with Crippen LogP contribution in [-0.2, 0) is 68.5 Å². The highest BCUT2D eigenvalue weighted by molar-refractivity contribution is 6.11. The molecule has 21 heteroatoms. The number of ether oxygens (including phenoxy) is 14. The number of esters is 1. The van der Waals surface area contributed by atoms with E-state index >= 15 is 14.4 Å². The number of methoxy groups -OCH3 is 1. The molecule has 0 spiro atoms. The van der Waals surface area contributed by atoms with Crippen molar-refractivity contribution >= 4 is 67.0 Å². The van der Waals surface area contributed by atoms with E-state index in [1.807, 2.05) is 146 Å². The van der Waals surface area contributed by atoms with Gasteiger partial charge in [0.05, 0.1) is 60.0 Å². The molecule has 12 aromatic rings. The third kappa shape index (κ3) is 17.1. The van der Waals surface area contributed by atoms with E-state index < -0.39 is 46.6 Å². The van der Waals surface area contributed by atoms with Gasteiger partial charge in [-0.2, -0.15) is 0 Å². The molecule has 2 aliphatic carbocycles. The molecular weight excluding hydrogens is 1500 g/mol. The molecule has 4 aliphatic rings. The van der Waals surface area contributed by atoms with Crippen LogP contribution in [0.1, 0.15) is 49.9 Å². The van der Waals surface area contributed by atoms with Gasteiger partial charge >= 0.3 is 12.1 Å². The van der Waals surface area contributed by atoms with Crippen LogP contribution < -0.4 is 53.8 Å². The van der Waals surface area contributed by atoms with E-state index in [1.54, 1.807) is 20.8 Å². The minimum absolute atomic E-state index is 0.0906. The number of rotatable bonds is 6. The second-order valence-corrected chi connectivity index (χ2v) is 30.7. The maximum atomic E-state index is 16.1. The number of nitrogens with one attached hydrogen (secondary N) is 3. The second kappa shape index (κ2) is 35.6. The van der Waals surface area contributed by atoms with Crippen molar-refractivity contribution in [1.82, 2.24) is 16.0 Å². The fraction of sp³-hybridized carbons (Fsp3) is 0.299. The average molecular weight is 1590 g/mol. The highest BCUT2D eigenvalue weighted by Crippen LogP contribution is 2.51. The highest BCUT2D eigenvalue weighted by Gasteiger charge is 2.49. The zero-order valence-corrected chi connectivity index (χ0v) is 66.9. The number of fused-ring (bicyclic) bond motifs is 14. The monoisotopic (exact) mass is 1590 g/mol. The summed E-state index contributed by atoms with van der Waals surface area (Å²) in [6.45, 7) is 9.81. The van der Waals surface area contributed by atoms with Crippen LogP contribution in [0.25, 0.3) is 87.6 Å². The summed E-state index contributed by atoms with van der Waals surface area (Å²) in [5.41, 5.74) is 3.91. The molecule has 0 aromatic heterocycles. The summed E-state index contributed by atoms with van der Waals surface area (Å²) in [6, 6.07) is 70.0. The van der Waals surface area contributed by atoms with Crippen molar-refractivity contribution in [1.29, 1.82) is 0 Å². The number of carbonyl (C=O) groups excluding carboxylic acids is 4. The zero-order chi connectivity index (χ0) is 81.2. The van der Waals surface area contributed by atoms with Crippen LogP contribution in [-0.4, -0.2) is 159 Å². The molecule has 0 saturated heterocycles. The Kier molecular flexibility index (Phi) is 24.0. The molecule has 1 atom stereocenters. The number of hydrogen-bond donors (Lipinski definition) is 3. The maximum absolute atomic E-state index is 16.1. The van der Waals surface area contributed by atoms with Crippen LogP contribution in [0.3, 0.4) is 0 Å². The number of carbonyl (C=O) groups is 4. The van der Waals surface area contributed by atoms with Gasteiger partial charge in [-0.25, -0.2) is 9.59 Å². The fourth-order valence-corrected chi connectivity index (χ4v) is 16.6. The SMILES string of the molecule is COC(=O)C1(NC(=O)[C@H](C)NC(=O)C2(NC(=O)OC(C)(C)C)Cc3cccc4c3-c3c(cccc3OCCOCCOc3ccc5ccccc5c3-c3c(ccc5ccccc35)OCCOCCO4)C2)Cc2cccc3c2-c2c(cccc2OCCOCCOc2ccc4ccccc4c2-c2c(ccc4ccccc24)OCCOCCO3)C1. The minimum atomic E-state index is -1.87. The third-order valence-electron chi connectivity index (χ3n) is 21.7. The molecule has 0 bridgehead atoms. The summed E-state index contributed by atoms with van der Waals surface area (Å²) in [6.07, 6.45) is -1.32. The molecular formula is C97H95N3O18. The molecule has 2 aliphatic heterocycles. The quantitative estimate of drug-likeness (QED) is 0.131. The van der Waals surface area contributed by atoms with Crippen LogP contribution in [0.15, 0.2) is 218 Å². The smallest absolute Gasteiger partial charge is 0.408 e. The normalized spacial score (nSPS) is 16.3. The molecule has 0 unspecified atom stereocenters. The molecule has 12 aromatic carbocycles. The topological polar surface area (TPSA) is 234 Å². The fourth-order valence-electron chi connectivity index (χ4n) is 16.6. The first-order valence-corrected chi connectivity index (χ1v) is 40.3. The Balaban J connectivity index is 0.667. The number of amides is 3. The van der Waals surface area contributed by atoms with Gasteiger partial charge in [0.1, 0.15) is 122 Å². The van der Waals surface area contributed by atoms with Gasteiger partial charge in [0.15, 0.2) is 0 Å². The molecule has 0 fully saturated rings. The van der Waals surface area contributed by atoms with Crippen molar-refractivity contribution in [3.63, 3.8) is 0 Å². The van der Waals surface area contributed by atoms with E-state index in [-0.39, 0.29) is 131 Å². The summed E-state index contributed by atoms with van der Waals surface area (Å²) >= 11 is 0. The number of alkyl carbamates (subject to hydrolysis) is 1. The van der Waals surface area contributed by atoms with Crippen molar-refractivity contribution < 1.29 is 85.5 Å². The molecule has 0 radical (unpaired) electrons. The predicted molar refractivity (Wildman–Crippen MR) is 452 cm³/mol. The van der Waals surface area contributed by atoms with E-state index in [9.17, 15) is 4.79 Å². The highest BCUT2D eigenvalue weighted by atomic mass is 16.6. The van der Waals surface area contributed by atoms with E-state index in [0.29, 0.717) is 90.5 Å². The lowest BCUT2D eigenvalue weighted by atomic mass is 9.85. The van der Waals surface area contributed by atoms with E-state index in [4.69, 9.17) is 66.3 Å². The molecule has 16 rings (SSSR count). The van der Waals surface area contributed by atoms with Gasteiger partial charge in [-0.05, 0) is 142 Å². The first-order chi connectivity index (χ1) is 57.6. The first-order valence-electron chi connectivity index (χ1n) is 40.3. The van der Waals surface area contributed by atoms with E-state index in [1.165, 1.54) is 14.0 Å². The minimum Gasteiger partial charge on any atom is -0.491 e. The lowest BCUT2D eigenvalue weighted by Crippen LogP contribution is -2.66. The molecule has 21 nitrogen and oxygen atoms in total. The standard InChI is InChI=1S/C97H95N3O18/c1-62(91(101)99-97(93(103)105-5)60-69-24-16-32-77-85(69)86-70(61-97)25-17-33-78(86)113-53-45-109-49-57-117-82-41-37-66-21-9-13-29-74(66)90(82)89-73-28-12-8-20-65(73)36-40-81(89)116-56-48-108-44-52-112-77)98-92(102)96(100-94(104)118-95(2,3)4)58-67-22-14-30-75-83(67)84-68(59-96)23-15-31-76(84)111-51-43-107-47-55-115-80-39-35-64-19-7-11-27-72(64)88(80)87-71-26-10-6-18-63(71)34-38-79(87)114-54-46-106-42-50-110-75/h6-41,62H,42-61H2,1-5H3,(H,98,102)(H,99,101)(H,100,104)/t62-/m0/s1. The van der Waals surface area contributed by atoms with Crippen molar-refractivity contribution in [2.45, 2.75) is 76.1 Å². The largest absolute Gasteiger partial charge is 0.491 e. The second-order valence-electron chi connectivity index (χ2n) is 30.7. The molecule has 118 heavy (non-hydrogen) atoms. The van der Waals surface area contributed by atoms with E-state index in [2.05, 4.69) is 88.7 Å². The lowest BCUT2D eigenvalue weighted by molar-refractivity contribution is -0.151. The number of benzene rings is 12. The van der Waals surface area contributed by atoms with Crippen LogP contribution >= 0.6 is 0 Å². The summed E-state index contributed by atoms with van der Waals surface area (Å²) in [5, 5.41) is 17.4. The van der Waals surface area contributed by atoms with Crippen molar-refractivity contribution in [2.24, 2.45) is 0 Å². The summed E-state index contributed by atoms with van der Waals surface area (Å²) < 4.78 is 90.2. The lowest BCUT2D eigenvalue weighted by Gasteiger charge is -2.36. The third-order valence-corrected chi connectivity index (χ3v) is 21.7. The van der Waals surface area contributed by atoms with Crippen LogP contribution in [0.4, 0.5) is 4.79 Å². The Morgan fingerprint density at radius 3 is 0.873 bits per heavy atom. The van der Waals surface area contributed by atoms with Gasteiger partial charge in [-0.3, -0.25) is 9.59 Å². The van der Waals surface area contributed by atoms with Gasteiger partial charge < -0.3 is 82.3 Å². The predicted octanol–water partition coefficient (Wildman–Crippen LogP) is 16.2. The molecule has 2 heterocycles. The van der Waals surface area contributed by atoms with Crippen molar-refractivity contribution in [2.75, 3.05) is 113 Å². The Labute approximate surface area is 684 Å². The van der Waals surface area contributed by atoms with Crippen LogP contribution in [0.5, 0.6) is 46.0 Å².